The summed E-state index contributed by atoms with van der Waals surface area (Å²) in [6, 6.07) is 10.0. The summed E-state index contributed by atoms with van der Waals surface area (Å²) >= 11 is 1.62. The van der Waals surface area contributed by atoms with Crippen molar-refractivity contribution < 1.29 is 5.11 Å². The van der Waals surface area contributed by atoms with Gasteiger partial charge in [-0.25, -0.2) is 9.97 Å². The highest BCUT2D eigenvalue weighted by Gasteiger charge is 1.99. The monoisotopic (exact) mass is 284 g/mol. The standard InChI is InChI=1S/C16H16N2OS/c1-13-9-10-17-16(18-13)20-12-15-7-5-14(6-8-15)4-2-3-11-19/h5-10,19H,3,11-12H2,1H3. The quantitative estimate of drug-likeness (QED) is 0.533. The van der Waals surface area contributed by atoms with Gasteiger partial charge in [0.15, 0.2) is 5.16 Å². The third-order valence-corrected chi connectivity index (χ3v) is 3.50. The van der Waals surface area contributed by atoms with Crippen LogP contribution in [0.25, 0.3) is 0 Å². The molecule has 0 radical (unpaired) electrons. The van der Waals surface area contributed by atoms with Gasteiger partial charge in [0.25, 0.3) is 0 Å². The first kappa shape index (κ1) is 14.6. The maximum atomic E-state index is 8.67. The fourth-order valence-corrected chi connectivity index (χ4v) is 2.38. The van der Waals surface area contributed by atoms with E-state index in [1.165, 1.54) is 5.56 Å². The molecule has 0 aliphatic rings. The van der Waals surface area contributed by atoms with E-state index in [0.29, 0.717) is 6.42 Å². The molecule has 1 aromatic carbocycles. The van der Waals surface area contributed by atoms with E-state index in [4.69, 9.17) is 5.11 Å². The highest BCUT2D eigenvalue weighted by atomic mass is 32.2. The van der Waals surface area contributed by atoms with Crippen molar-refractivity contribution >= 4 is 11.8 Å². The van der Waals surface area contributed by atoms with E-state index in [2.05, 4.69) is 33.9 Å². The van der Waals surface area contributed by atoms with Crippen LogP contribution in [0.5, 0.6) is 0 Å². The second-order valence-corrected chi connectivity index (χ2v) is 5.18. The third-order valence-electron chi connectivity index (χ3n) is 2.56. The number of rotatable bonds is 4. The Morgan fingerprint density at radius 3 is 2.70 bits per heavy atom. The second kappa shape index (κ2) is 7.68. The van der Waals surface area contributed by atoms with Crippen LogP contribution in [-0.4, -0.2) is 21.7 Å². The van der Waals surface area contributed by atoms with E-state index in [9.17, 15) is 0 Å². The topological polar surface area (TPSA) is 46.0 Å². The van der Waals surface area contributed by atoms with Crippen molar-refractivity contribution in [2.45, 2.75) is 24.3 Å². The Hall–Kier alpha value is -1.83. The van der Waals surface area contributed by atoms with Gasteiger partial charge >= 0.3 is 0 Å². The number of thioether (sulfide) groups is 1. The van der Waals surface area contributed by atoms with Crippen LogP contribution in [0.15, 0.2) is 41.7 Å². The molecule has 20 heavy (non-hydrogen) atoms. The number of hydrogen-bond donors (Lipinski definition) is 1. The zero-order valence-corrected chi connectivity index (χ0v) is 12.2. The Bertz CT molecular complexity index is 614. The minimum Gasteiger partial charge on any atom is -0.395 e. The Kier molecular flexibility index (Phi) is 5.60. The summed E-state index contributed by atoms with van der Waals surface area (Å²) in [5.74, 6) is 6.76. The van der Waals surface area contributed by atoms with Gasteiger partial charge in [-0.3, -0.25) is 0 Å². The van der Waals surface area contributed by atoms with E-state index in [-0.39, 0.29) is 6.61 Å². The van der Waals surface area contributed by atoms with Gasteiger partial charge in [0.1, 0.15) is 0 Å². The van der Waals surface area contributed by atoms with Crippen LogP contribution in [-0.2, 0) is 5.75 Å². The molecule has 2 rings (SSSR count). The van der Waals surface area contributed by atoms with Crippen molar-refractivity contribution in [2.24, 2.45) is 0 Å². The molecular formula is C16H16N2OS. The molecule has 0 atom stereocenters. The zero-order chi connectivity index (χ0) is 14.2. The SMILES string of the molecule is Cc1ccnc(SCc2ccc(C#CCCO)cc2)n1. The van der Waals surface area contributed by atoms with Crippen LogP contribution in [0, 0.1) is 18.8 Å². The molecule has 0 saturated heterocycles. The van der Waals surface area contributed by atoms with Crippen LogP contribution in [0.3, 0.4) is 0 Å². The van der Waals surface area contributed by atoms with Gasteiger partial charge < -0.3 is 5.11 Å². The lowest BCUT2D eigenvalue weighted by atomic mass is 10.1. The van der Waals surface area contributed by atoms with Gasteiger partial charge in [-0.05, 0) is 30.7 Å². The summed E-state index contributed by atoms with van der Waals surface area (Å²) in [4.78, 5) is 8.59. The van der Waals surface area contributed by atoms with Crippen LogP contribution < -0.4 is 0 Å². The maximum absolute atomic E-state index is 8.67. The molecule has 0 fully saturated rings. The summed E-state index contributed by atoms with van der Waals surface area (Å²) < 4.78 is 0. The summed E-state index contributed by atoms with van der Waals surface area (Å²) in [6.45, 7) is 2.07. The van der Waals surface area contributed by atoms with Crippen molar-refractivity contribution in [3.05, 3.63) is 53.3 Å². The van der Waals surface area contributed by atoms with E-state index < -0.39 is 0 Å². The predicted octanol–water partition coefficient (Wildman–Crippen LogP) is 2.81. The Morgan fingerprint density at radius 1 is 1.20 bits per heavy atom. The van der Waals surface area contributed by atoms with E-state index >= 15 is 0 Å². The highest BCUT2D eigenvalue weighted by molar-refractivity contribution is 7.98. The molecule has 0 saturated carbocycles. The third kappa shape index (κ3) is 4.69. The number of nitrogens with zero attached hydrogens (tertiary/aromatic N) is 2. The normalized spacial score (nSPS) is 9.90. The average molecular weight is 284 g/mol. The van der Waals surface area contributed by atoms with Gasteiger partial charge in [-0.15, -0.1) is 0 Å². The Balaban J connectivity index is 1.93. The molecule has 1 heterocycles. The number of aliphatic hydroxyl groups excluding tert-OH is 1. The predicted molar refractivity (Wildman–Crippen MR) is 81.4 cm³/mol. The van der Waals surface area contributed by atoms with Crippen molar-refractivity contribution in [1.82, 2.24) is 9.97 Å². The first-order valence-electron chi connectivity index (χ1n) is 6.39. The summed E-state index contributed by atoms with van der Waals surface area (Å²) in [5.41, 5.74) is 3.17. The molecule has 0 bridgehead atoms. The van der Waals surface area contributed by atoms with Gasteiger partial charge in [0, 0.05) is 29.6 Å². The largest absolute Gasteiger partial charge is 0.395 e. The van der Waals surface area contributed by atoms with Crippen molar-refractivity contribution in [2.75, 3.05) is 6.61 Å². The van der Waals surface area contributed by atoms with Crippen LogP contribution >= 0.6 is 11.8 Å². The zero-order valence-electron chi connectivity index (χ0n) is 11.3. The fourth-order valence-electron chi connectivity index (χ4n) is 1.55. The minimum atomic E-state index is 0.109. The van der Waals surface area contributed by atoms with Crippen molar-refractivity contribution in [1.29, 1.82) is 0 Å². The van der Waals surface area contributed by atoms with Gasteiger partial charge in [0.2, 0.25) is 0 Å². The average Bonchev–Trinajstić information content (AvgIpc) is 2.47. The first-order valence-corrected chi connectivity index (χ1v) is 7.37. The molecule has 0 spiro atoms. The van der Waals surface area contributed by atoms with E-state index in [1.807, 2.05) is 25.1 Å². The Labute approximate surface area is 123 Å². The molecule has 0 unspecified atom stereocenters. The van der Waals surface area contributed by atoms with Crippen molar-refractivity contribution in [3.63, 3.8) is 0 Å². The lowest BCUT2D eigenvalue weighted by molar-refractivity contribution is 0.305. The number of aryl methyl sites for hydroxylation is 1. The van der Waals surface area contributed by atoms with Crippen LogP contribution in [0.2, 0.25) is 0 Å². The molecule has 1 aromatic heterocycles. The van der Waals surface area contributed by atoms with Gasteiger partial charge in [-0.1, -0.05) is 35.7 Å². The first-order chi connectivity index (χ1) is 9.78. The highest BCUT2D eigenvalue weighted by Crippen LogP contribution is 2.19. The van der Waals surface area contributed by atoms with E-state index in [1.54, 1.807) is 18.0 Å². The lowest BCUT2D eigenvalue weighted by Gasteiger charge is -2.01. The lowest BCUT2D eigenvalue weighted by Crippen LogP contribution is -1.89. The summed E-state index contributed by atoms with van der Waals surface area (Å²) in [7, 11) is 0. The van der Waals surface area contributed by atoms with Crippen molar-refractivity contribution in [3.8, 4) is 11.8 Å². The van der Waals surface area contributed by atoms with Crippen LogP contribution in [0.1, 0.15) is 23.2 Å². The minimum absolute atomic E-state index is 0.109. The summed E-state index contributed by atoms with van der Waals surface area (Å²) in [5, 5.41) is 9.47. The molecule has 3 nitrogen and oxygen atoms in total. The van der Waals surface area contributed by atoms with Gasteiger partial charge in [0.05, 0.1) is 6.61 Å². The second-order valence-electron chi connectivity index (χ2n) is 4.24. The number of benzene rings is 1. The molecule has 0 aliphatic carbocycles. The van der Waals surface area contributed by atoms with Gasteiger partial charge in [-0.2, -0.15) is 0 Å². The molecule has 102 valence electrons. The maximum Gasteiger partial charge on any atom is 0.188 e. The van der Waals surface area contributed by atoms with E-state index in [0.717, 1.165) is 22.2 Å². The molecule has 2 aromatic rings. The van der Waals surface area contributed by atoms with Crippen LogP contribution in [0.4, 0.5) is 0 Å². The Morgan fingerprint density at radius 2 is 2.00 bits per heavy atom. The smallest absolute Gasteiger partial charge is 0.188 e. The molecule has 4 heteroatoms. The molecule has 0 aliphatic heterocycles. The number of aromatic nitrogens is 2. The summed E-state index contributed by atoms with van der Waals surface area (Å²) in [6.07, 6.45) is 2.30. The molecule has 0 amide bonds. The number of aliphatic hydroxyl groups is 1. The number of hydrogen-bond acceptors (Lipinski definition) is 4. The molecular weight excluding hydrogens is 268 g/mol. The molecule has 1 N–H and O–H groups in total. The fraction of sp³-hybridized carbons (Fsp3) is 0.250.